The van der Waals surface area contributed by atoms with E-state index < -0.39 is 33.7 Å². The highest BCUT2D eigenvalue weighted by molar-refractivity contribution is 7.91. The lowest BCUT2D eigenvalue weighted by Gasteiger charge is -2.35. The van der Waals surface area contributed by atoms with Crippen LogP contribution in [0.15, 0.2) is 36.7 Å². The van der Waals surface area contributed by atoms with Gasteiger partial charge in [0.05, 0.1) is 24.0 Å². The van der Waals surface area contributed by atoms with Crippen molar-refractivity contribution in [1.82, 2.24) is 14.9 Å². The third-order valence-corrected chi connectivity index (χ3v) is 8.22. The van der Waals surface area contributed by atoms with Crippen LogP contribution in [0.4, 0.5) is 32.2 Å². The van der Waals surface area contributed by atoms with Gasteiger partial charge in [-0.05, 0) is 17.2 Å². The number of benzene rings is 1. The molecule has 15 heteroatoms. The van der Waals surface area contributed by atoms with E-state index >= 15 is 0 Å². The van der Waals surface area contributed by atoms with E-state index in [0.29, 0.717) is 47.8 Å². The van der Waals surface area contributed by atoms with Gasteiger partial charge in [-0.25, -0.2) is 18.4 Å². The molecular weight excluding hydrogens is 546 g/mol. The number of halogens is 6. The normalized spacial score (nSPS) is 15.4. The summed E-state index contributed by atoms with van der Waals surface area (Å²) in [5.74, 6) is -0.887. The van der Waals surface area contributed by atoms with Crippen LogP contribution in [0.3, 0.4) is 0 Å². The SMILES string of the molecule is O=C(Cc1ccc(CS(=O)(=O)C(F)(F)F)cc1)N1CCN(c2ncnc3sc(CC(F)(F)F)cc23)CC1. The number of piperazine rings is 1. The number of aromatic nitrogens is 2. The Labute approximate surface area is 211 Å². The Hall–Kier alpha value is -2.94. The molecule has 0 atom stereocenters. The van der Waals surface area contributed by atoms with Crippen molar-refractivity contribution in [1.29, 1.82) is 0 Å². The van der Waals surface area contributed by atoms with Crippen molar-refractivity contribution in [3.63, 3.8) is 0 Å². The van der Waals surface area contributed by atoms with E-state index in [1.165, 1.54) is 36.7 Å². The van der Waals surface area contributed by atoms with Crippen LogP contribution in [0.1, 0.15) is 16.0 Å². The van der Waals surface area contributed by atoms with Crippen LogP contribution in [0.2, 0.25) is 0 Å². The molecule has 200 valence electrons. The zero-order chi connectivity index (χ0) is 27.0. The first-order valence-electron chi connectivity index (χ1n) is 10.9. The molecule has 1 aliphatic heterocycles. The highest BCUT2D eigenvalue weighted by atomic mass is 32.2. The molecule has 3 heterocycles. The summed E-state index contributed by atoms with van der Waals surface area (Å²) in [6, 6.07) is 6.78. The molecule has 1 aromatic carbocycles. The van der Waals surface area contributed by atoms with E-state index in [9.17, 15) is 39.6 Å². The van der Waals surface area contributed by atoms with Gasteiger partial charge in [-0.1, -0.05) is 24.3 Å². The second kappa shape index (κ2) is 10.1. The highest BCUT2D eigenvalue weighted by Gasteiger charge is 2.45. The molecule has 4 rings (SSSR count). The van der Waals surface area contributed by atoms with Crippen molar-refractivity contribution in [3.8, 4) is 0 Å². The van der Waals surface area contributed by atoms with Gasteiger partial charge in [0.1, 0.15) is 17.0 Å². The second-order valence-electron chi connectivity index (χ2n) is 8.49. The molecule has 37 heavy (non-hydrogen) atoms. The number of alkyl halides is 6. The molecule has 3 aromatic rings. The number of hydrogen-bond donors (Lipinski definition) is 0. The van der Waals surface area contributed by atoms with Crippen LogP contribution in [0.5, 0.6) is 0 Å². The van der Waals surface area contributed by atoms with E-state index in [-0.39, 0.29) is 22.8 Å². The van der Waals surface area contributed by atoms with E-state index in [2.05, 4.69) is 9.97 Å². The van der Waals surface area contributed by atoms with Crippen LogP contribution >= 0.6 is 11.3 Å². The average molecular weight is 567 g/mol. The number of thiophene rings is 1. The lowest BCUT2D eigenvalue weighted by Crippen LogP contribution is -2.49. The maximum atomic E-state index is 12.8. The molecule has 0 N–H and O–H groups in total. The van der Waals surface area contributed by atoms with Gasteiger partial charge in [0.25, 0.3) is 9.84 Å². The summed E-state index contributed by atoms with van der Waals surface area (Å²) in [5.41, 5.74) is -4.85. The molecule has 0 bridgehead atoms. The number of fused-ring (bicyclic) bond motifs is 1. The molecule has 0 aliphatic carbocycles. The predicted octanol–water partition coefficient (Wildman–Crippen LogP) is 4.12. The number of hydrogen-bond acceptors (Lipinski definition) is 7. The van der Waals surface area contributed by atoms with Gasteiger partial charge in [0.2, 0.25) is 5.91 Å². The Morgan fingerprint density at radius 3 is 2.16 bits per heavy atom. The monoisotopic (exact) mass is 566 g/mol. The number of carbonyl (C=O) groups is 1. The molecule has 1 amide bonds. The van der Waals surface area contributed by atoms with E-state index in [4.69, 9.17) is 0 Å². The van der Waals surface area contributed by atoms with Gasteiger partial charge >= 0.3 is 11.7 Å². The smallest absolute Gasteiger partial charge is 0.352 e. The fourth-order valence-electron chi connectivity index (χ4n) is 3.94. The molecule has 7 nitrogen and oxygen atoms in total. The Morgan fingerprint density at radius 1 is 0.946 bits per heavy atom. The Balaban J connectivity index is 1.36. The summed E-state index contributed by atoms with van der Waals surface area (Å²) >= 11 is 0.963. The topological polar surface area (TPSA) is 83.5 Å². The zero-order valence-corrected chi connectivity index (χ0v) is 20.6. The van der Waals surface area contributed by atoms with E-state index in [0.717, 1.165) is 11.3 Å². The minimum absolute atomic E-state index is 0.0185. The van der Waals surface area contributed by atoms with Gasteiger partial charge in [-0.15, -0.1) is 11.3 Å². The van der Waals surface area contributed by atoms with Crippen molar-refractivity contribution < 1.29 is 39.6 Å². The molecule has 0 radical (unpaired) electrons. The third-order valence-electron chi connectivity index (χ3n) is 5.75. The zero-order valence-electron chi connectivity index (χ0n) is 19.0. The Morgan fingerprint density at radius 2 is 1.57 bits per heavy atom. The molecular formula is C22H20F6N4O3S2. The molecule has 0 spiro atoms. The van der Waals surface area contributed by atoms with Crippen molar-refractivity contribution >= 4 is 43.1 Å². The lowest BCUT2D eigenvalue weighted by atomic mass is 10.1. The summed E-state index contributed by atoms with van der Waals surface area (Å²) in [7, 11) is -5.29. The minimum atomic E-state index is -5.34. The van der Waals surface area contributed by atoms with E-state index in [1.54, 1.807) is 4.90 Å². The van der Waals surface area contributed by atoms with Crippen molar-refractivity contribution in [2.75, 3.05) is 31.1 Å². The number of rotatable bonds is 6. The number of amides is 1. The molecule has 0 saturated carbocycles. The summed E-state index contributed by atoms with van der Waals surface area (Å²) in [6.07, 6.45) is -4.10. The van der Waals surface area contributed by atoms with Crippen LogP contribution in [0, 0.1) is 0 Å². The maximum Gasteiger partial charge on any atom is 0.497 e. The molecule has 1 saturated heterocycles. The molecule has 2 aromatic heterocycles. The predicted molar refractivity (Wildman–Crippen MR) is 125 cm³/mol. The van der Waals surface area contributed by atoms with Crippen LogP contribution in [-0.2, 0) is 33.2 Å². The van der Waals surface area contributed by atoms with Gasteiger partial charge in [-0.2, -0.15) is 26.3 Å². The minimum Gasteiger partial charge on any atom is -0.352 e. The first-order valence-corrected chi connectivity index (χ1v) is 13.4. The van der Waals surface area contributed by atoms with E-state index in [1.807, 2.05) is 4.90 Å². The highest BCUT2D eigenvalue weighted by Crippen LogP contribution is 2.34. The third kappa shape index (κ3) is 6.50. The van der Waals surface area contributed by atoms with Crippen LogP contribution in [0.25, 0.3) is 10.2 Å². The molecule has 0 unspecified atom stereocenters. The summed E-state index contributed by atoms with van der Waals surface area (Å²) in [4.78, 5) is 25.1. The number of carbonyl (C=O) groups excluding carboxylic acids is 1. The maximum absolute atomic E-state index is 12.8. The number of anilines is 1. The van der Waals surface area contributed by atoms with Crippen LogP contribution < -0.4 is 4.90 Å². The molecule has 1 fully saturated rings. The largest absolute Gasteiger partial charge is 0.497 e. The fourth-order valence-corrected chi connectivity index (χ4v) is 5.75. The summed E-state index contributed by atoms with van der Waals surface area (Å²) < 4.78 is 98.6. The summed E-state index contributed by atoms with van der Waals surface area (Å²) in [5, 5.41) is 0.527. The second-order valence-corrected chi connectivity index (χ2v) is 11.6. The molecule has 1 aliphatic rings. The lowest BCUT2D eigenvalue weighted by molar-refractivity contribution is -0.130. The Kier molecular flexibility index (Phi) is 7.38. The van der Waals surface area contributed by atoms with Gasteiger partial charge in [0.15, 0.2) is 0 Å². The first-order chi connectivity index (χ1) is 17.2. The Bertz CT molecular complexity index is 1380. The van der Waals surface area contributed by atoms with Gasteiger partial charge in [0, 0.05) is 31.1 Å². The van der Waals surface area contributed by atoms with Crippen molar-refractivity contribution in [2.24, 2.45) is 0 Å². The van der Waals surface area contributed by atoms with Crippen molar-refractivity contribution in [3.05, 3.63) is 52.7 Å². The fraction of sp³-hybridized carbons (Fsp3) is 0.409. The average Bonchev–Trinajstić information content (AvgIpc) is 3.20. The first kappa shape index (κ1) is 27.1. The van der Waals surface area contributed by atoms with Crippen LogP contribution in [-0.4, -0.2) is 67.1 Å². The standard InChI is InChI=1S/C22H20F6N4O3S2/c23-21(24,25)11-16-10-17-19(29-13-30-20(17)36-16)32-7-5-31(6-8-32)18(33)9-14-1-3-15(4-2-14)12-37(34,35)22(26,27)28/h1-4,10,13H,5-9,11-12H2. The quantitative estimate of drug-likeness (QED) is 0.418. The number of nitrogens with zero attached hydrogens (tertiary/aromatic N) is 4. The summed E-state index contributed by atoms with van der Waals surface area (Å²) in [6.45, 7) is 1.48. The van der Waals surface area contributed by atoms with Crippen molar-refractivity contribution in [2.45, 2.75) is 30.3 Å². The van der Waals surface area contributed by atoms with Gasteiger partial charge < -0.3 is 9.80 Å². The number of sulfone groups is 1. The van der Waals surface area contributed by atoms with Gasteiger partial charge in [-0.3, -0.25) is 4.79 Å².